The fourth-order valence-electron chi connectivity index (χ4n) is 3.40. The molecule has 0 saturated carbocycles. The van der Waals surface area contributed by atoms with Gasteiger partial charge in [0.1, 0.15) is 23.4 Å². The van der Waals surface area contributed by atoms with Crippen LogP contribution in [-0.4, -0.2) is 111 Å². The zero-order chi connectivity index (χ0) is 28.4. The predicted octanol–water partition coefficient (Wildman–Crippen LogP) is -4.24. The molecule has 15 nitrogen and oxygen atoms in total. The van der Waals surface area contributed by atoms with Crippen LogP contribution in [0, 0.1) is 0 Å². The Balaban J connectivity index is 3.49. The first-order valence-corrected chi connectivity index (χ1v) is 12.6. The first-order valence-electron chi connectivity index (χ1n) is 11.6. The van der Waals surface area contributed by atoms with E-state index in [2.05, 4.69) is 26.6 Å². The lowest BCUT2D eigenvalue weighted by molar-refractivity contribution is -0.139. The van der Waals surface area contributed by atoms with Crippen LogP contribution in [0.5, 0.6) is 0 Å². The van der Waals surface area contributed by atoms with E-state index in [4.69, 9.17) is 5.73 Å². The van der Waals surface area contributed by atoms with Gasteiger partial charge in [-0.05, 0) is 13.8 Å². The highest BCUT2D eigenvalue weighted by Gasteiger charge is 2.38. The standard InChI is InChI=1S/C21H36N6O9S/c1-8(2)23-13-7-37-16(21(35)36)15(10(4)29)27-18(32)11(5-14(22)30)25-17(31)9(3)24-19(33)12(6-28)26-20(13)34/h8-13,15-16,23,28-29H,5-7H2,1-4H3,(H2,22,30)(H,24,33)(H,25,31)(H,26,34)(H,27,32)(H,35,36)/t9?,10-,11?,12?,13-,15+,16?/m0/s1. The SMILES string of the molecule is CC(C)N[C@H]1CSC(C(=O)O)[C@@H]([C@H](C)O)NC(=O)C(CC(N)=O)NC(=O)C(C)NC(=O)C(CO)NC1=O. The Morgan fingerprint density at radius 2 is 1.57 bits per heavy atom. The van der Waals surface area contributed by atoms with E-state index < -0.39 is 90.1 Å². The highest BCUT2D eigenvalue weighted by Crippen LogP contribution is 2.20. The van der Waals surface area contributed by atoms with Crippen LogP contribution in [0.2, 0.25) is 0 Å². The maximum atomic E-state index is 13.0. The molecular weight excluding hydrogens is 512 g/mol. The summed E-state index contributed by atoms with van der Waals surface area (Å²) in [4.78, 5) is 74.8. The summed E-state index contributed by atoms with van der Waals surface area (Å²) in [5, 5.41) is 40.6. The molecule has 0 aromatic carbocycles. The summed E-state index contributed by atoms with van der Waals surface area (Å²) in [6.07, 6.45) is -2.03. The molecule has 0 radical (unpaired) electrons. The van der Waals surface area contributed by atoms with Gasteiger partial charge >= 0.3 is 5.97 Å². The third-order valence-electron chi connectivity index (χ3n) is 5.30. The van der Waals surface area contributed by atoms with Gasteiger partial charge in [-0.15, -0.1) is 11.8 Å². The van der Waals surface area contributed by atoms with Gasteiger partial charge in [-0.2, -0.15) is 0 Å². The van der Waals surface area contributed by atoms with Crippen molar-refractivity contribution in [3.05, 3.63) is 0 Å². The van der Waals surface area contributed by atoms with Crippen LogP contribution in [0.1, 0.15) is 34.1 Å². The third-order valence-corrected chi connectivity index (χ3v) is 6.68. The number of hydrogen-bond donors (Lipinski definition) is 9. The summed E-state index contributed by atoms with van der Waals surface area (Å²) in [7, 11) is 0. The minimum Gasteiger partial charge on any atom is -0.480 e. The van der Waals surface area contributed by atoms with Crippen molar-refractivity contribution in [1.29, 1.82) is 0 Å². The lowest BCUT2D eigenvalue weighted by Crippen LogP contribution is -2.61. The molecule has 210 valence electrons. The molecule has 1 saturated heterocycles. The van der Waals surface area contributed by atoms with Crippen LogP contribution in [0.4, 0.5) is 0 Å². The van der Waals surface area contributed by atoms with Gasteiger partial charge in [0.15, 0.2) is 0 Å². The van der Waals surface area contributed by atoms with Crippen LogP contribution in [0.15, 0.2) is 0 Å². The number of aliphatic carboxylic acids is 1. The number of aliphatic hydroxyl groups is 2. The van der Waals surface area contributed by atoms with Crippen LogP contribution < -0.4 is 32.3 Å². The molecule has 0 aliphatic carbocycles. The Kier molecular flexibility index (Phi) is 12.7. The monoisotopic (exact) mass is 548 g/mol. The Hall–Kier alpha value is -2.95. The van der Waals surface area contributed by atoms with Gasteiger partial charge in [0.25, 0.3) is 0 Å². The van der Waals surface area contributed by atoms with Crippen molar-refractivity contribution in [2.24, 2.45) is 5.73 Å². The van der Waals surface area contributed by atoms with Gasteiger partial charge in [0, 0.05) is 11.8 Å². The van der Waals surface area contributed by atoms with Gasteiger partial charge in [0.2, 0.25) is 29.5 Å². The Labute approximate surface area is 218 Å². The van der Waals surface area contributed by atoms with Crippen LogP contribution in [-0.2, 0) is 28.8 Å². The Morgan fingerprint density at radius 3 is 2.05 bits per heavy atom. The second kappa shape index (κ2) is 14.7. The molecule has 5 amide bonds. The number of primary amides is 1. The highest BCUT2D eigenvalue weighted by molar-refractivity contribution is 8.00. The lowest BCUT2D eigenvalue weighted by atomic mass is 10.1. The summed E-state index contributed by atoms with van der Waals surface area (Å²) in [5.41, 5.74) is 5.20. The van der Waals surface area contributed by atoms with Crippen molar-refractivity contribution in [3.8, 4) is 0 Å². The smallest absolute Gasteiger partial charge is 0.318 e. The molecule has 4 unspecified atom stereocenters. The topological polar surface area (TPSA) is 249 Å². The number of thioether (sulfide) groups is 1. The number of carbonyl (C=O) groups excluding carboxylic acids is 5. The van der Waals surface area contributed by atoms with E-state index in [-0.39, 0.29) is 11.8 Å². The molecule has 37 heavy (non-hydrogen) atoms. The number of carbonyl (C=O) groups is 6. The van der Waals surface area contributed by atoms with Gasteiger partial charge in [0.05, 0.1) is 31.2 Å². The fraction of sp³-hybridized carbons (Fsp3) is 0.714. The number of rotatable bonds is 7. The second-order valence-electron chi connectivity index (χ2n) is 8.95. The number of nitrogens with one attached hydrogen (secondary N) is 5. The van der Waals surface area contributed by atoms with E-state index in [1.54, 1.807) is 13.8 Å². The fourth-order valence-corrected chi connectivity index (χ4v) is 4.69. The summed E-state index contributed by atoms with van der Waals surface area (Å²) in [6.45, 7) is 5.19. The third kappa shape index (κ3) is 10.1. The van der Waals surface area contributed by atoms with Crippen LogP contribution in [0.25, 0.3) is 0 Å². The molecule has 0 spiro atoms. The lowest BCUT2D eigenvalue weighted by Gasteiger charge is -2.31. The van der Waals surface area contributed by atoms with Gasteiger partial charge in [-0.3, -0.25) is 28.8 Å². The van der Waals surface area contributed by atoms with E-state index in [1.807, 2.05) is 0 Å². The number of aliphatic hydroxyl groups excluding tert-OH is 2. The highest BCUT2D eigenvalue weighted by atomic mass is 32.2. The van der Waals surface area contributed by atoms with E-state index in [1.165, 1.54) is 13.8 Å². The minimum atomic E-state index is -1.54. The van der Waals surface area contributed by atoms with Crippen molar-refractivity contribution >= 4 is 47.3 Å². The molecular formula is C21H36N6O9S. The molecule has 1 rings (SSSR count). The van der Waals surface area contributed by atoms with Crippen molar-refractivity contribution in [2.75, 3.05) is 12.4 Å². The number of hydrogen-bond acceptors (Lipinski definition) is 10. The summed E-state index contributed by atoms with van der Waals surface area (Å²) in [5.74, 6) is -6.01. The quantitative estimate of drug-likeness (QED) is 0.147. The Morgan fingerprint density at radius 1 is 1.00 bits per heavy atom. The molecule has 10 N–H and O–H groups in total. The van der Waals surface area contributed by atoms with E-state index in [0.29, 0.717) is 0 Å². The second-order valence-corrected chi connectivity index (χ2v) is 10.1. The van der Waals surface area contributed by atoms with Gasteiger partial charge in [-0.25, -0.2) is 0 Å². The van der Waals surface area contributed by atoms with Crippen LogP contribution >= 0.6 is 11.8 Å². The van der Waals surface area contributed by atoms with Crippen molar-refractivity contribution in [1.82, 2.24) is 26.6 Å². The van der Waals surface area contributed by atoms with Gasteiger partial charge in [-0.1, -0.05) is 13.8 Å². The zero-order valence-corrected chi connectivity index (χ0v) is 21.8. The maximum absolute atomic E-state index is 13.0. The number of carboxylic acids is 1. The van der Waals surface area contributed by atoms with Crippen LogP contribution in [0.3, 0.4) is 0 Å². The first kappa shape index (κ1) is 32.1. The van der Waals surface area contributed by atoms with Crippen molar-refractivity contribution in [2.45, 2.75) is 81.7 Å². The number of amides is 5. The molecule has 0 aromatic rings. The first-order chi connectivity index (χ1) is 17.2. The molecule has 1 aliphatic heterocycles. The molecule has 1 fully saturated rings. The molecule has 16 heteroatoms. The molecule has 1 heterocycles. The summed E-state index contributed by atoms with van der Waals surface area (Å²) >= 11 is 0.744. The number of nitrogens with two attached hydrogens (primary N) is 1. The average molecular weight is 549 g/mol. The molecule has 0 aromatic heterocycles. The summed E-state index contributed by atoms with van der Waals surface area (Å²) < 4.78 is 0. The van der Waals surface area contributed by atoms with E-state index in [9.17, 15) is 44.1 Å². The molecule has 0 bridgehead atoms. The normalized spacial score (nSPS) is 29.5. The Bertz CT molecular complexity index is 871. The predicted molar refractivity (Wildman–Crippen MR) is 132 cm³/mol. The average Bonchev–Trinajstić information content (AvgIpc) is 2.78. The number of carboxylic acid groups (broad SMARTS) is 1. The maximum Gasteiger partial charge on any atom is 0.318 e. The molecule has 1 aliphatic rings. The minimum absolute atomic E-state index is 0.155. The zero-order valence-electron chi connectivity index (χ0n) is 21.0. The molecule has 7 atom stereocenters. The van der Waals surface area contributed by atoms with Crippen molar-refractivity contribution in [3.63, 3.8) is 0 Å². The van der Waals surface area contributed by atoms with E-state index in [0.717, 1.165) is 11.8 Å². The largest absolute Gasteiger partial charge is 0.480 e. The van der Waals surface area contributed by atoms with Gasteiger partial charge < -0.3 is 47.6 Å². The van der Waals surface area contributed by atoms with Crippen molar-refractivity contribution < 1.29 is 44.1 Å². The summed E-state index contributed by atoms with van der Waals surface area (Å²) in [6, 6.07) is -6.91. The van der Waals surface area contributed by atoms with E-state index >= 15 is 0 Å².